The fourth-order valence-corrected chi connectivity index (χ4v) is 3.86. The quantitative estimate of drug-likeness (QED) is 0.798. The molecule has 1 aromatic rings. The van der Waals surface area contributed by atoms with Crippen LogP contribution in [-0.2, 0) is 9.53 Å². The van der Waals surface area contributed by atoms with E-state index in [0.29, 0.717) is 23.4 Å². The number of carbonyl (C=O) groups excluding carboxylic acids is 1. The molecule has 3 rings (SSSR count). The standard InChI is InChI=1S/C17H21BrFNO3/c1-11(23-15-7-6-12(19)10-13(15)18)17(21)20-8-9-22-16-5-3-2-4-14(16)20/h6-7,10-11,14,16H,2-5,8-9H2,1H3. The van der Waals surface area contributed by atoms with Gasteiger partial charge >= 0.3 is 0 Å². The molecule has 126 valence electrons. The van der Waals surface area contributed by atoms with E-state index < -0.39 is 6.10 Å². The lowest BCUT2D eigenvalue weighted by Crippen LogP contribution is -2.57. The van der Waals surface area contributed by atoms with Crippen LogP contribution in [0, 0.1) is 5.82 Å². The van der Waals surface area contributed by atoms with Gasteiger partial charge in [-0.2, -0.15) is 0 Å². The van der Waals surface area contributed by atoms with Crippen molar-refractivity contribution in [2.45, 2.75) is 50.9 Å². The van der Waals surface area contributed by atoms with Gasteiger partial charge < -0.3 is 14.4 Å². The highest BCUT2D eigenvalue weighted by atomic mass is 79.9. The summed E-state index contributed by atoms with van der Waals surface area (Å²) < 4.78 is 25.2. The zero-order valence-electron chi connectivity index (χ0n) is 13.1. The van der Waals surface area contributed by atoms with E-state index in [1.165, 1.54) is 18.2 Å². The molecule has 1 aliphatic heterocycles. The summed E-state index contributed by atoms with van der Waals surface area (Å²) in [5.41, 5.74) is 0. The first-order valence-corrected chi connectivity index (χ1v) is 8.89. The van der Waals surface area contributed by atoms with Crippen molar-refractivity contribution >= 4 is 21.8 Å². The maximum absolute atomic E-state index is 13.1. The molecule has 1 saturated carbocycles. The molecule has 1 aromatic carbocycles. The highest BCUT2D eigenvalue weighted by molar-refractivity contribution is 9.10. The fourth-order valence-electron chi connectivity index (χ4n) is 3.42. The molecule has 0 radical (unpaired) electrons. The SMILES string of the molecule is CC(Oc1ccc(F)cc1Br)C(=O)N1CCOC2CCCCC21. The minimum absolute atomic E-state index is 0.0265. The van der Waals surface area contributed by atoms with Crippen molar-refractivity contribution < 1.29 is 18.7 Å². The van der Waals surface area contributed by atoms with Crippen LogP contribution in [0.25, 0.3) is 0 Å². The number of fused-ring (bicyclic) bond motifs is 1. The first-order valence-electron chi connectivity index (χ1n) is 8.10. The largest absolute Gasteiger partial charge is 0.480 e. The Hall–Kier alpha value is -1.14. The van der Waals surface area contributed by atoms with Crippen LogP contribution in [0.15, 0.2) is 22.7 Å². The molecule has 1 amide bonds. The summed E-state index contributed by atoms with van der Waals surface area (Å²) in [6, 6.07) is 4.35. The Kier molecular flexibility index (Phi) is 5.21. The maximum atomic E-state index is 13.1. The van der Waals surface area contributed by atoms with Crippen LogP contribution in [-0.4, -0.2) is 42.2 Å². The maximum Gasteiger partial charge on any atom is 0.263 e. The Balaban J connectivity index is 1.68. The monoisotopic (exact) mass is 385 g/mol. The zero-order valence-corrected chi connectivity index (χ0v) is 14.7. The summed E-state index contributed by atoms with van der Waals surface area (Å²) in [6.45, 7) is 2.93. The van der Waals surface area contributed by atoms with Crippen molar-refractivity contribution in [3.8, 4) is 5.75 Å². The number of benzene rings is 1. The normalized spacial score (nSPS) is 25.6. The molecule has 4 nitrogen and oxygen atoms in total. The van der Waals surface area contributed by atoms with Gasteiger partial charge in [0.1, 0.15) is 11.6 Å². The second-order valence-corrected chi connectivity index (χ2v) is 6.98. The van der Waals surface area contributed by atoms with Crippen molar-refractivity contribution in [1.82, 2.24) is 4.90 Å². The Bertz CT molecular complexity index is 581. The van der Waals surface area contributed by atoms with Crippen LogP contribution in [0.4, 0.5) is 4.39 Å². The van der Waals surface area contributed by atoms with E-state index in [2.05, 4.69) is 15.9 Å². The molecule has 6 heteroatoms. The second kappa shape index (κ2) is 7.18. The average Bonchev–Trinajstić information content (AvgIpc) is 2.56. The number of nitrogens with zero attached hydrogens (tertiary/aromatic N) is 1. The van der Waals surface area contributed by atoms with Crippen molar-refractivity contribution in [3.05, 3.63) is 28.5 Å². The number of rotatable bonds is 3. The van der Waals surface area contributed by atoms with E-state index in [1.807, 2.05) is 4.90 Å². The predicted molar refractivity (Wildman–Crippen MR) is 87.9 cm³/mol. The van der Waals surface area contributed by atoms with E-state index in [0.717, 1.165) is 25.7 Å². The van der Waals surface area contributed by atoms with Crippen LogP contribution < -0.4 is 4.74 Å². The molecular formula is C17H21BrFNO3. The molecule has 0 N–H and O–H groups in total. The van der Waals surface area contributed by atoms with E-state index in [9.17, 15) is 9.18 Å². The molecule has 0 spiro atoms. The number of carbonyl (C=O) groups is 1. The lowest BCUT2D eigenvalue weighted by atomic mass is 9.90. The fraction of sp³-hybridized carbons (Fsp3) is 0.588. The van der Waals surface area contributed by atoms with Gasteiger partial charge in [-0.25, -0.2) is 4.39 Å². The minimum Gasteiger partial charge on any atom is -0.480 e. The van der Waals surface area contributed by atoms with Crippen molar-refractivity contribution in [3.63, 3.8) is 0 Å². The zero-order chi connectivity index (χ0) is 16.4. The summed E-state index contributed by atoms with van der Waals surface area (Å²) in [4.78, 5) is 14.7. The van der Waals surface area contributed by atoms with E-state index in [-0.39, 0.29) is 23.9 Å². The molecule has 3 unspecified atom stereocenters. The van der Waals surface area contributed by atoms with Gasteiger partial charge in [0.25, 0.3) is 5.91 Å². The van der Waals surface area contributed by atoms with Crippen LogP contribution >= 0.6 is 15.9 Å². The average molecular weight is 386 g/mol. The van der Waals surface area contributed by atoms with Crippen LogP contribution in [0.2, 0.25) is 0 Å². The minimum atomic E-state index is -0.613. The second-order valence-electron chi connectivity index (χ2n) is 6.13. The van der Waals surface area contributed by atoms with Crippen molar-refractivity contribution in [2.24, 2.45) is 0 Å². The molecule has 2 aliphatic rings. The number of morpholine rings is 1. The van der Waals surface area contributed by atoms with Crippen LogP contribution in [0.3, 0.4) is 0 Å². The van der Waals surface area contributed by atoms with Crippen LogP contribution in [0.5, 0.6) is 5.75 Å². The van der Waals surface area contributed by atoms with E-state index in [1.54, 1.807) is 6.92 Å². The lowest BCUT2D eigenvalue weighted by molar-refractivity contribution is -0.155. The number of amides is 1. The summed E-state index contributed by atoms with van der Waals surface area (Å²) in [7, 11) is 0. The summed E-state index contributed by atoms with van der Waals surface area (Å²) in [6.07, 6.45) is 3.85. The van der Waals surface area contributed by atoms with Gasteiger partial charge in [-0.15, -0.1) is 0 Å². The van der Waals surface area contributed by atoms with Gasteiger partial charge in [-0.05, 0) is 53.9 Å². The van der Waals surface area contributed by atoms with E-state index in [4.69, 9.17) is 9.47 Å². The number of ether oxygens (including phenoxy) is 2. The Morgan fingerprint density at radius 1 is 1.43 bits per heavy atom. The van der Waals surface area contributed by atoms with Gasteiger partial charge in [0.15, 0.2) is 6.10 Å². The smallest absolute Gasteiger partial charge is 0.263 e. The third-order valence-corrected chi connectivity index (χ3v) is 5.18. The Morgan fingerprint density at radius 2 is 2.22 bits per heavy atom. The summed E-state index contributed by atoms with van der Waals surface area (Å²) in [5.74, 6) is 0.101. The molecule has 1 heterocycles. The van der Waals surface area contributed by atoms with Gasteiger partial charge in [-0.3, -0.25) is 4.79 Å². The summed E-state index contributed by atoms with van der Waals surface area (Å²) >= 11 is 3.27. The first-order chi connectivity index (χ1) is 11.1. The molecular weight excluding hydrogens is 365 g/mol. The van der Waals surface area contributed by atoms with Crippen molar-refractivity contribution in [2.75, 3.05) is 13.2 Å². The first kappa shape index (κ1) is 16.7. The van der Waals surface area contributed by atoms with Gasteiger partial charge in [0.05, 0.1) is 23.2 Å². The van der Waals surface area contributed by atoms with Gasteiger partial charge in [0.2, 0.25) is 0 Å². The number of hydrogen-bond acceptors (Lipinski definition) is 3. The highest BCUT2D eigenvalue weighted by Crippen LogP contribution is 2.30. The highest BCUT2D eigenvalue weighted by Gasteiger charge is 2.38. The Morgan fingerprint density at radius 3 is 3.00 bits per heavy atom. The van der Waals surface area contributed by atoms with E-state index >= 15 is 0 Å². The van der Waals surface area contributed by atoms with Gasteiger partial charge in [0, 0.05) is 6.54 Å². The molecule has 1 aliphatic carbocycles. The lowest BCUT2D eigenvalue weighted by Gasteiger charge is -2.44. The third-order valence-electron chi connectivity index (χ3n) is 4.56. The summed E-state index contributed by atoms with van der Waals surface area (Å²) in [5, 5.41) is 0. The molecule has 23 heavy (non-hydrogen) atoms. The molecule has 2 fully saturated rings. The molecule has 0 bridgehead atoms. The predicted octanol–water partition coefficient (Wildman–Crippen LogP) is 3.53. The molecule has 0 aromatic heterocycles. The molecule has 1 saturated heterocycles. The van der Waals surface area contributed by atoms with Crippen LogP contribution in [0.1, 0.15) is 32.6 Å². The number of hydrogen-bond donors (Lipinski definition) is 0. The van der Waals surface area contributed by atoms with Crippen molar-refractivity contribution in [1.29, 1.82) is 0 Å². The number of halogens is 2. The Labute approximate surface area is 144 Å². The van der Waals surface area contributed by atoms with Gasteiger partial charge in [-0.1, -0.05) is 12.8 Å². The topological polar surface area (TPSA) is 38.8 Å². The molecule has 3 atom stereocenters. The third kappa shape index (κ3) is 3.69.